The molecule has 0 spiro atoms. The fourth-order valence-corrected chi connectivity index (χ4v) is 2.39. The number of hydrogen-bond acceptors (Lipinski definition) is 3. The Kier molecular flexibility index (Phi) is 6.84. The van der Waals surface area contributed by atoms with Gasteiger partial charge in [-0.1, -0.05) is 11.6 Å². The van der Waals surface area contributed by atoms with Crippen molar-refractivity contribution in [2.75, 3.05) is 11.9 Å². The molecule has 3 N–H and O–H groups in total. The van der Waals surface area contributed by atoms with Crippen LogP contribution in [-0.4, -0.2) is 17.6 Å². The monoisotopic (exact) mass is 427 g/mol. The Morgan fingerprint density at radius 1 is 1.21 bits per heavy atom. The van der Waals surface area contributed by atoms with Crippen molar-refractivity contribution in [1.29, 1.82) is 0 Å². The first-order valence-corrected chi connectivity index (χ1v) is 8.62. The van der Waals surface area contributed by atoms with Gasteiger partial charge in [-0.3, -0.25) is 15.6 Å². The second-order valence-corrected chi connectivity index (χ2v) is 6.29. The van der Waals surface area contributed by atoms with Crippen molar-refractivity contribution in [2.45, 2.75) is 6.92 Å². The minimum atomic E-state index is -0.309. The number of anilines is 1. The molecule has 0 aromatic heterocycles. The lowest BCUT2D eigenvalue weighted by molar-refractivity contribution is 0.0944. The van der Waals surface area contributed by atoms with Crippen molar-refractivity contribution < 1.29 is 9.53 Å². The highest BCUT2D eigenvalue weighted by Crippen LogP contribution is 2.25. The molecule has 0 aliphatic carbocycles. The van der Waals surface area contributed by atoms with E-state index in [4.69, 9.17) is 28.6 Å². The zero-order valence-electron chi connectivity index (χ0n) is 12.7. The highest BCUT2D eigenvalue weighted by Gasteiger charge is 2.07. The van der Waals surface area contributed by atoms with Crippen LogP contribution in [0.25, 0.3) is 0 Å². The zero-order chi connectivity index (χ0) is 17.5. The molecular formula is C16H15BrClN3O2S. The second kappa shape index (κ2) is 8.86. The van der Waals surface area contributed by atoms with E-state index in [1.54, 1.807) is 42.5 Å². The average Bonchev–Trinajstić information content (AvgIpc) is 2.57. The van der Waals surface area contributed by atoms with Crippen molar-refractivity contribution >= 4 is 56.5 Å². The molecule has 8 heteroatoms. The summed E-state index contributed by atoms with van der Waals surface area (Å²) >= 11 is 14.4. The van der Waals surface area contributed by atoms with E-state index in [1.807, 2.05) is 6.92 Å². The summed E-state index contributed by atoms with van der Waals surface area (Å²) in [6.45, 7) is 2.48. The van der Waals surface area contributed by atoms with E-state index in [1.165, 1.54) is 0 Å². The number of rotatable bonds is 4. The lowest BCUT2D eigenvalue weighted by atomic mass is 10.2. The average molecular weight is 429 g/mol. The number of carbonyl (C=O) groups is 1. The van der Waals surface area contributed by atoms with Gasteiger partial charge < -0.3 is 10.1 Å². The molecule has 0 aliphatic rings. The molecule has 2 aromatic rings. The largest absolute Gasteiger partial charge is 0.494 e. The van der Waals surface area contributed by atoms with Gasteiger partial charge in [-0.25, -0.2) is 0 Å². The van der Waals surface area contributed by atoms with Crippen LogP contribution < -0.4 is 20.9 Å². The first-order valence-electron chi connectivity index (χ1n) is 7.05. The predicted molar refractivity (Wildman–Crippen MR) is 104 cm³/mol. The Morgan fingerprint density at radius 3 is 2.54 bits per heavy atom. The fourth-order valence-electron chi connectivity index (χ4n) is 1.79. The molecule has 24 heavy (non-hydrogen) atoms. The Bertz CT molecular complexity index is 741. The van der Waals surface area contributed by atoms with E-state index < -0.39 is 0 Å². The summed E-state index contributed by atoms with van der Waals surface area (Å²) in [4.78, 5) is 12.0. The molecule has 0 fully saturated rings. The van der Waals surface area contributed by atoms with Gasteiger partial charge in [-0.2, -0.15) is 0 Å². The van der Waals surface area contributed by atoms with Gasteiger partial charge in [0.1, 0.15) is 5.75 Å². The third kappa shape index (κ3) is 5.36. The third-order valence-corrected chi connectivity index (χ3v) is 4.33. The molecule has 0 atom stereocenters. The molecule has 0 bridgehead atoms. The second-order valence-electron chi connectivity index (χ2n) is 4.62. The van der Waals surface area contributed by atoms with E-state index in [0.717, 1.165) is 4.47 Å². The molecule has 2 rings (SSSR count). The van der Waals surface area contributed by atoms with Crippen LogP contribution in [0.5, 0.6) is 5.75 Å². The third-order valence-electron chi connectivity index (χ3n) is 2.89. The maximum atomic E-state index is 12.0. The highest BCUT2D eigenvalue weighted by atomic mass is 79.9. The summed E-state index contributed by atoms with van der Waals surface area (Å²) in [7, 11) is 0. The summed E-state index contributed by atoms with van der Waals surface area (Å²) in [5, 5.41) is 3.72. The molecule has 0 saturated heterocycles. The van der Waals surface area contributed by atoms with Crippen LogP contribution in [0.4, 0.5) is 5.69 Å². The van der Waals surface area contributed by atoms with Crippen molar-refractivity contribution in [1.82, 2.24) is 10.9 Å². The van der Waals surface area contributed by atoms with Crippen LogP contribution in [0.1, 0.15) is 17.3 Å². The molecule has 5 nitrogen and oxygen atoms in total. The number of carbonyl (C=O) groups excluding carboxylic acids is 1. The number of halogens is 2. The Hall–Kier alpha value is -1.83. The quantitative estimate of drug-likeness (QED) is 0.505. The molecule has 0 radical (unpaired) electrons. The smallest absolute Gasteiger partial charge is 0.269 e. The van der Waals surface area contributed by atoms with Crippen molar-refractivity contribution in [3.8, 4) is 5.75 Å². The van der Waals surface area contributed by atoms with Gasteiger partial charge in [-0.15, -0.1) is 0 Å². The fraction of sp³-hybridized carbons (Fsp3) is 0.125. The molecule has 1 amide bonds. The van der Waals surface area contributed by atoms with E-state index in [-0.39, 0.29) is 11.0 Å². The minimum Gasteiger partial charge on any atom is -0.494 e. The van der Waals surface area contributed by atoms with Gasteiger partial charge in [0.25, 0.3) is 5.91 Å². The summed E-state index contributed by atoms with van der Waals surface area (Å²) in [6, 6.07) is 12.1. The van der Waals surface area contributed by atoms with Gasteiger partial charge in [0, 0.05) is 15.7 Å². The van der Waals surface area contributed by atoms with Crippen molar-refractivity contribution in [3.63, 3.8) is 0 Å². The summed E-state index contributed by atoms with van der Waals surface area (Å²) in [6.07, 6.45) is 0. The number of thiocarbonyl (C=S) groups is 1. The highest BCUT2D eigenvalue weighted by molar-refractivity contribution is 9.10. The summed E-state index contributed by atoms with van der Waals surface area (Å²) in [5.74, 6) is 0.405. The Labute approximate surface area is 158 Å². The van der Waals surface area contributed by atoms with Crippen LogP contribution in [0.3, 0.4) is 0 Å². The topological polar surface area (TPSA) is 62.4 Å². The SMILES string of the molecule is CCOc1ccc(C(=O)NNC(=S)Nc2ccc(Br)c(Cl)c2)cc1. The van der Waals surface area contributed by atoms with Crippen LogP contribution in [-0.2, 0) is 0 Å². The predicted octanol–water partition coefficient (Wildman–Crippen LogP) is 4.13. The molecule has 0 aliphatic heterocycles. The maximum Gasteiger partial charge on any atom is 0.269 e. The van der Waals surface area contributed by atoms with Crippen LogP contribution in [0.15, 0.2) is 46.9 Å². The standard InChI is InChI=1S/C16H15BrClN3O2S/c1-2-23-12-6-3-10(4-7-12)15(22)20-21-16(24)19-11-5-8-13(17)14(18)9-11/h3-9H,2H2,1H3,(H,20,22)(H2,19,21,24). The Balaban J connectivity index is 1.86. The van der Waals surface area contributed by atoms with E-state index in [9.17, 15) is 4.79 Å². The van der Waals surface area contributed by atoms with Gasteiger partial charge in [0.05, 0.1) is 11.6 Å². The molecule has 0 unspecified atom stereocenters. The van der Waals surface area contributed by atoms with Gasteiger partial charge in [0.15, 0.2) is 5.11 Å². The minimum absolute atomic E-state index is 0.243. The van der Waals surface area contributed by atoms with Crippen LogP contribution >= 0.6 is 39.7 Å². The van der Waals surface area contributed by atoms with E-state index >= 15 is 0 Å². The summed E-state index contributed by atoms with van der Waals surface area (Å²) in [5.41, 5.74) is 6.35. The number of amides is 1. The van der Waals surface area contributed by atoms with Gasteiger partial charge in [0.2, 0.25) is 0 Å². The van der Waals surface area contributed by atoms with Crippen molar-refractivity contribution in [2.24, 2.45) is 0 Å². The first-order chi connectivity index (χ1) is 11.5. The number of ether oxygens (including phenoxy) is 1. The molecule has 126 valence electrons. The normalized spacial score (nSPS) is 9.96. The van der Waals surface area contributed by atoms with Crippen molar-refractivity contribution in [3.05, 3.63) is 57.5 Å². The molecule has 0 heterocycles. The number of nitrogens with one attached hydrogen (secondary N) is 3. The molecule has 0 saturated carbocycles. The molecule has 2 aromatic carbocycles. The van der Waals surface area contributed by atoms with Gasteiger partial charge in [-0.05, 0) is 77.5 Å². The Morgan fingerprint density at radius 2 is 1.92 bits per heavy atom. The first kappa shape index (κ1) is 18.5. The number of hydrogen-bond donors (Lipinski definition) is 3. The zero-order valence-corrected chi connectivity index (χ0v) is 15.9. The number of benzene rings is 2. The molecular weight excluding hydrogens is 414 g/mol. The number of hydrazine groups is 1. The van der Waals surface area contributed by atoms with Crippen LogP contribution in [0.2, 0.25) is 5.02 Å². The van der Waals surface area contributed by atoms with Crippen LogP contribution in [0, 0.1) is 0 Å². The van der Waals surface area contributed by atoms with E-state index in [2.05, 4.69) is 32.1 Å². The maximum absolute atomic E-state index is 12.0. The lowest BCUT2D eigenvalue weighted by Crippen LogP contribution is -2.43. The lowest BCUT2D eigenvalue weighted by Gasteiger charge is -2.12. The van der Waals surface area contributed by atoms with Gasteiger partial charge >= 0.3 is 0 Å². The van der Waals surface area contributed by atoms with E-state index in [0.29, 0.717) is 28.6 Å². The summed E-state index contributed by atoms with van der Waals surface area (Å²) < 4.78 is 6.12.